The van der Waals surface area contributed by atoms with Crippen molar-refractivity contribution in [2.24, 2.45) is 11.3 Å². The molecular formula is C12H24O2. The summed E-state index contributed by atoms with van der Waals surface area (Å²) in [6, 6.07) is 0. The SMILES string of the molecule is CC(C)(C)CCC1CCC(O)C(O)C1. The van der Waals surface area contributed by atoms with E-state index < -0.39 is 12.2 Å². The van der Waals surface area contributed by atoms with E-state index in [0.29, 0.717) is 11.3 Å². The Kier molecular flexibility index (Phi) is 3.96. The molecule has 0 bridgehead atoms. The summed E-state index contributed by atoms with van der Waals surface area (Å²) >= 11 is 0. The zero-order chi connectivity index (χ0) is 10.8. The molecule has 3 atom stereocenters. The number of aliphatic hydroxyl groups excluding tert-OH is 2. The fourth-order valence-electron chi connectivity index (χ4n) is 2.11. The average Bonchev–Trinajstić information content (AvgIpc) is 2.06. The van der Waals surface area contributed by atoms with E-state index in [1.807, 2.05) is 0 Å². The van der Waals surface area contributed by atoms with E-state index >= 15 is 0 Å². The predicted octanol–water partition coefficient (Wildman–Crippen LogP) is 2.33. The Bertz CT molecular complexity index is 172. The van der Waals surface area contributed by atoms with Crippen LogP contribution in [0.3, 0.4) is 0 Å². The van der Waals surface area contributed by atoms with Gasteiger partial charge in [-0.25, -0.2) is 0 Å². The van der Waals surface area contributed by atoms with Crippen LogP contribution in [0.5, 0.6) is 0 Å². The summed E-state index contributed by atoms with van der Waals surface area (Å²) in [7, 11) is 0. The maximum absolute atomic E-state index is 9.53. The molecule has 0 aromatic heterocycles. The fourth-order valence-corrected chi connectivity index (χ4v) is 2.11. The summed E-state index contributed by atoms with van der Waals surface area (Å²) in [4.78, 5) is 0. The largest absolute Gasteiger partial charge is 0.390 e. The third-order valence-corrected chi connectivity index (χ3v) is 3.19. The van der Waals surface area contributed by atoms with Crippen molar-refractivity contribution in [1.29, 1.82) is 0 Å². The van der Waals surface area contributed by atoms with Crippen LogP contribution in [0.1, 0.15) is 52.9 Å². The molecule has 0 aromatic carbocycles. The van der Waals surface area contributed by atoms with Gasteiger partial charge in [-0.2, -0.15) is 0 Å². The molecule has 1 saturated carbocycles. The molecule has 14 heavy (non-hydrogen) atoms. The van der Waals surface area contributed by atoms with Crippen molar-refractivity contribution in [2.45, 2.75) is 65.1 Å². The summed E-state index contributed by atoms with van der Waals surface area (Å²) < 4.78 is 0. The van der Waals surface area contributed by atoms with Crippen LogP contribution >= 0.6 is 0 Å². The van der Waals surface area contributed by atoms with Crippen LogP contribution in [0.2, 0.25) is 0 Å². The van der Waals surface area contributed by atoms with E-state index in [9.17, 15) is 10.2 Å². The minimum atomic E-state index is -0.478. The van der Waals surface area contributed by atoms with Crippen LogP contribution in [-0.4, -0.2) is 22.4 Å². The Hall–Kier alpha value is -0.0800. The third-order valence-electron chi connectivity index (χ3n) is 3.19. The second-order valence-corrected chi connectivity index (χ2v) is 5.91. The molecule has 0 aliphatic heterocycles. The van der Waals surface area contributed by atoms with Crippen molar-refractivity contribution in [3.63, 3.8) is 0 Å². The van der Waals surface area contributed by atoms with Crippen molar-refractivity contribution in [1.82, 2.24) is 0 Å². The Labute approximate surface area is 87.3 Å². The molecule has 84 valence electrons. The Balaban J connectivity index is 2.27. The number of rotatable bonds is 2. The molecule has 0 radical (unpaired) electrons. The molecule has 3 unspecified atom stereocenters. The number of hydrogen-bond donors (Lipinski definition) is 2. The molecule has 0 heterocycles. The lowest BCUT2D eigenvalue weighted by molar-refractivity contribution is -0.0277. The van der Waals surface area contributed by atoms with Gasteiger partial charge < -0.3 is 10.2 Å². The van der Waals surface area contributed by atoms with E-state index in [1.165, 1.54) is 12.8 Å². The molecule has 0 amide bonds. The maximum Gasteiger partial charge on any atom is 0.0801 e. The van der Waals surface area contributed by atoms with E-state index in [2.05, 4.69) is 20.8 Å². The molecule has 0 spiro atoms. The topological polar surface area (TPSA) is 40.5 Å². The highest BCUT2D eigenvalue weighted by molar-refractivity contribution is 4.80. The number of hydrogen-bond acceptors (Lipinski definition) is 2. The molecule has 1 aliphatic carbocycles. The van der Waals surface area contributed by atoms with Gasteiger partial charge in [0.15, 0.2) is 0 Å². The van der Waals surface area contributed by atoms with Crippen LogP contribution in [0.25, 0.3) is 0 Å². The zero-order valence-electron chi connectivity index (χ0n) is 9.66. The van der Waals surface area contributed by atoms with Crippen molar-refractivity contribution < 1.29 is 10.2 Å². The number of aliphatic hydroxyl groups is 2. The minimum Gasteiger partial charge on any atom is -0.390 e. The highest BCUT2D eigenvalue weighted by atomic mass is 16.3. The van der Waals surface area contributed by atoms with Crippen LogP contribution in [0.4, 0.5) is 0 Å². The molecule has 1 aliphatic rings. The molecule has 2 heteroatoms. The standard InChI is InChI=1S/C12H24O2/c1-12(2,3)7-6-9-4-5-10(13)11(14)8-9/h9-11,13-14H,4-8H2,1-3H3. The second-order valence-electron chi connectivity index (χ2n) is 5.91. The first-order valence-corrected chi connectivity index (χ1v) is 5.74. The van der Waals surface area contributed by atoms with E-state index in [0.717, 1.165) is 19.3 Å². The van der Waals surface area contributed by atoms with E-state index in [-0.39, 0.29) is 0 Å². The highest BCUT2D eigenvalue weighted by Gasteiger charge is 2.27. The van der Waals surface area contributed by atoms with Gasteiger partial charge in [0.2, 0.25) is 0 Å². The molecule has 1 fully saturated rings. The smallest absolute Gasteiger partial charge is 0.0801 e. The van der Waals surface area contributed by atoms with Gasteiger partial charge in [0, 0.05) is 0 Å². The van der Waals surface area contributed by atoms with Crippen molar-refractivity contribution in [2.75, 3.05) is 0 Å². The zero-order valence-corrected chi connectivity index (χ0v) is 9.66. The summed E-state index contributed by atoms with van der Waals surface area (Å²) in [5.74, 6) is 0.618. The molecule has 2 nitrogen and oxygen atoms in total. The molecule has 0 saturated heterocycles. The van der Waals surface area contributed by atoms with Crippen LogP contribution < -0.4 is 0 Å². The first kappa shape index (κ1) is 12.0. The monoisotopic (exact) mass is 200 g/mol. The van der Waals surface area contributed by atoms with Gasteiger partial charge in [-0.1, -0.05) is 20.8 Å². The lowest BCUT2D eigenvalue weighted by Gasteiger charge is -2.31. The molecule has 1 rings (SSSR count). The third kappa shape index (κ3) is 3.97. The Morgan fingerprint density at radius 1 is 1.07 bits per heavy atom. The van der Waals surface area contributed by atoms with Gasteiger partial charge >= 0.3 is 0 Å². The van der Waals surface area contributed by atoms with Gasteiger partial charge in [0.1, 0.15) is 0 Å². The fraction of sp³-hybridized carbons (Fsp3) is 1.00. The van der Waals surface area contributed by atoms with Gasteiger partial charge in [0.05, 0.1) is 12.2 Å². The highest BCUT2D eigenvalue weighted by Crippen LogP contribution is 2.32. The summed E-state index contributed by atoms with van der Waals surface area (Å²) in [5.41, 5.74) is 0.390. The van der Waals surface area contributed by atoms with Crippen molar-refractivity contribution in [3.8, 4) is 0 Å². The lowest BCUT2D eigenvalue weighted by Crippen LogP contribution is -2.33. The summed E-state index contributed by atoms with van der Waals surface area (Å²) in [6.45, 7) is 6.75. The van der Waals surface area contributed by atoms with Crippen LogP contribution in [0, 0.1) is 11.3 Å². The van der Waals surface area contributed by atoms with Gasteiger partial charge in [-0.05, 0) is 43.4 Å². The molecule has 2 N–H and O–H groups in total. The normalized spacial score (nSPS) is 34.5. The van der Waals surface area contributed by atoms with Gasteiger partial charge in [0.25, 0.3) is 0 Å². The summed E-state index contributed by atoms with van der Waals surface area (Å²) in [5, 5.41) is 18.9. The van der Waals surface area contributed by atoms with E-state index in [4.69, 9.17) is 0 Å². The predicted molar refractivity (Wildman–Crippen MR) is 58.0 cm³/mol. The quantitative estimate of drug-likeness (QED) is 0.718. The average molecular weight is 200 g/mol. The minimum absolute atomic E-state index is 0.390. The summed E-state index contributed by atoms with van der Waals surface area (Å²) in [6.07, 6.45) is 4.09. The molecule has 0 aromatic rings. The Morgan fingerprint density at radius 2 is 1.71 bits per heavy atom. The van der Waals surface area contributed by atoms with Gasteiger partial charge in [-0.3, -0.25) is 0 Å². The first-order valence-electron chi connectivity index (χ1n) is 5.74. The second kappa shape index (κ2) is 4.63. The first-order chi connectivity index (χ1) is 6.38. The van der Waals surface area contributed by atoms with E-state index in [1.54, 1.807) is 0 Å². The Morgan fingerprint density at radius 3 is 2.21 bits per heavy atom. The van der Waals surface area contributed by atoms with Crippen molar-refractivity contribution >= 4 is 0 Å². The maximum atomic E-state index is 9.53. The van der Waals surface area contributed by atoms with Gasteiger partial charge in [-0.15, -0.1) is 0 Å². The van der Waals surface area contributed by atoms with Crippen LogP contribution in [0.15, 0.2) is 0 Å². The van der Waals surface area contributed by atoms with Crippen molar-refractivity contribution in [3.05, 3.63) is 0 Å². The molecular weight excluding hydrogens is 176 g/mol. The lowest BCUT2D eigenvalue weighted by atomic mass is 9.79. The van der Waals surface area contributed by atoms with Crippen LogP contribution in [-0.2, 0) is 0 Å².